The Hall–Kier alpha value is -4.60. The van der Waals surface area contributed by atoms with Gasteiger partial charge in [0.2, 0.25) is 0 Å². The molecule has 288 valence electrons. The number of hydrogen-bond acceptors (Lipinski definition) is 5. The van der Waals surface area contributed by atoms with E-state index in [9.17, 15) is 0 Å². The second-order valence-electron chi connectivity index (χ2n) is 13.8. The molecule has 0 radical (unpaired) electrons. The summed E-state index contributed by atoms with van der Waals surface area (Å²) in [5.41, 5.74) is 5.54. The highest BCUT2D eigenvalue weighted by molar-refractivity contribution is 6.31. The third-order valence-electron chi connectivity index (χ3n) is 9.69. The van der Waals surface area contributed by atoms with E-state index in [-0.39, 0.29) is 26.4 Å². The van der Waals surface area contributed by atoms with Crippen molar-refractivity contribution in [2.75, 3.05) is 6.61 Å². The lowest BCUT2D eigenvalue weighted by Crippen LogP contribution is -2.61. The summed E-state index contributed by atoms with van der Waals surface area (Å²) in [6, 6.07) is 48.9. The Labute approximate surface area is 336 Å². The summed E-state index contributed by atoms with van der Waals surface area (Å²) in [7, 11) is 0. The molecule has 1 aliphatic rings. The van der Waals surface area contributed by atoms with Crippen LogP contribution in [-0.4, -0.2) is 30.8 Å². The van der Waals surface area contributed by atoms with Gasteiger partial charge >= 0.3 is 5.92 Å². The van der Waals surface area contributed by atoms with Crippen LogP contribution in [0, 0.1) is 0 Å². The molecule has 1 heterocycles. The van der Waals surface area contributed by atoms with Crippen molar-refractivity contribution in [1.82, 2.24) is 0 Å². The number of halogens is 4. The van der Waals surface area contributed by atoms with E-state index in [1.54, 1.807) is 6.07 Å². The third kappa shape index (κ3) is 10.2. The van der Waals surface area contributed by atoms with Crippen molar-refractivity contribution in [3.8, 4) is 5.75 Å². The second-order valence-corrected chi connectivity index (χ2v) is 14.6. The number of ether oxygens (including phenoxy) is 5. The summed E-state index contributed by atoms with van der Waals surface area (Å²) < 4.78 is 66.0. The zero-order valence-corrected chi connectivity index (χ0v) is 32.1. The second kappa shape index (κ2) is 19.0. The minimum atomic E-state index is -3.53. The molecule has 1 fully saturated rings. The highest BCUT2D eigenvalue weighted by atomic mass is 35.5. The van der Waals surface area contributed by atoms with E-state index in [1.807, 2.05) is 152 Å². The van der Waals surface area contributed by atoms with Gasteiger partial charge in [0.15, 0.2) is 6.10 Å². The average molecular weight is 796 g/mol. The molecule has 0 aromatic heterocycles. The normalized spacial score (nSPS) is 19.1. The fourth-order valence-corrected chi connectivity index (χ4v) is 7.08. The van der Waals surface area contributed by atoms with Gasteiger partial charge in [-0.3, -0.25) is 0 Å². The van der Waals surface area contributed by atoms with Gasteiger partial charge in [-0.1, -0.05) is 157 Å². The molecule has 0 aliphatic carbocycles. The average Bonchev–Trinajstić information content (AvgIpc) is 3.22. The van der Waals surface area contributed by atoms with Crippen LogP contribution in [0.3, 0.4) is 0 Å². The molecule has 1 aliphatic heterocycles. The molecule has 9 heteroatoms. The Bertz CT molecular complexity index is 2110. The van der Waals surface area contributed by atoms with Crippen LogP contribution in [0.5, 0.6) is 5.75 Å². The van der Waals surface area contributed by atoms with Crippen LogP contribution < -0.4 is 4.74 Å². The first-order valence-electron chi connectivity index (χ1n) is 18.5. The summed E-state index contributed by atoms with van der Waals surface area (Å²) >= 11 is 13.2. The first-order chi connectivity index (χ1) is 27.3. The Morgan fingerprint density at radius 1 is 0.571 bits per heavy atom. The highest BCUT2D eigenvalue weighted by Gasteiger charge is 2.60. The molecular weight excluding hydrogens is 753 g/mol. The van der Waals surface area contributed by atoms with Crippen LogP contribution >= 0.6 is 23.2 Å². The Morgan fingerprint density at radius 3 is 1.66 bits per heavy atom. The minimum absolute atomic E-state index is 0.0350. The number of hydrogen-bond donors (Lipinski definition) is 0. The fraction of sp³-hybridized carbons (Fsp3) is 0.234. The third-order valence-corrected chi connectivity index (χ3v) is 10.3. The summed E-state index contributed by atoms with van der Waals surface area (Å²) in [5.74, 6) is -3.15. The van der Waals surface area contributed by atoms with E-state index in [1.165, 1.54) is 0 Å². The largest absolute Gasteiger partial charge is 0.488 e. The SMILES string of the molecule is FC1(F)[C@H](OCc2ccccc2)[C@@H](OCc2ccccc2)[C@H](c2cc(Cc3ccc(Cl)cc3)c(Cl)cc2OCc2ccccc2)O[C@@H]1COCc1ccccc1. The van der Waals surface area contributed by atoms with Crippen LogP contribution in [0.1, 0.15) is 45.0 Å². The molecule has 0 amide bonds. The molecule has 0 saturated carbocycles. The van der Waals surface area contributed by atoms with Crippen molar-refractivity contribution >= 4 is 23.2 Å². The Morgan fingerprint density at radius 2 is 1.09 bits per heavy atom. The van der Waals surface area contributed by atoms with Crippen molar-refractivity contribution in [2.45, 2.75) is 63.2 Å². The standard InChI is InChI=1S/C47H42Cl2F2O5/c48-39-23-21-33(22-24-39)25-38-26-40(42(27-41(38)49)53-29-35-15-7-2-8-16-35)44-45(54-30-36-17-9-3-10-18-36)46(55-31-37-19-11-4-12-20-37)47(50,51)43(56-44)32-52-28-34-13-5-1-6-14-34/h1-24,26-27,43-46H,25,28-32H2/t43-,44+,45+,46-/m1/s1. The quantitative estimate of drug-likeness (QED) is 0.0976. The Kier molecular flexibility index (Phi) is 13.5. The lowest BCUT2D eigenvalue weighted by Gasteiger charge is -2.46. The maximum absolute atomic E-state index is 17.1. The van der Waals surface area contributed by atoms with Crippen molar-refractivity contribution < 1.29 is 32.5 Å². The first-order valence-corrected chi connectivity index (χ1v) is 19.3. The van der Waals surface area contributed by atoms with Crippen molar-refractivity contribution in [2.24, 2.45) is 0 Å². The van der Waals surface area contributed by atoms with Crippen molar-refractivity contribution in [1.29, 1.82) is 0 Å². The minimum Gasteiger partial charge on any atom is -0.488 e. The van der Waals surface area contributed by atoms with Gasteiger partial charge in [-0.25, -0.2) is 8.78 Å². The molecular formula is C47H42Cl2F2O5. The predicted molar refractivity (Wildman–Crippen MR) is 215 cm³/mol. The number of alkyl halides is 2. The van der Waals surface area contributed by atoms with Crippen LogP contribution in [-0.2, 0) is 51.8 Å². The zero-order chi connectivity index (χ0) is 38.7. The number of rotatable bonds is 16. The van der Waals surface area contributed by atoms with Gasteiger partial charge in [0.05, 0.1) is 26.4 Å². The van der Waals surface area contributed by atoms with Crippen molar-refractivity contribution in [3.63, 3.8) is 0 Å². The monoisotopic (exact) mass is 794 g/mol. The van der Waals surface area contributed by atoms with E-state index >= 15 is 8.78 Å². The molecule has 56 heavy (non-hydrogen) atoms. The van der Waals surface area contributed by atoms with Crippen LogP contribution in [0.4, 0.5) is 8.78 Å². The summed E-state index contributed by atoms with van der Waals surface area (Å²) in [4.78, 5) is 0. The van der Waals surface area contributed by atoms with Crippen molar-refractivity contribution in [3.05, 3.63) is 207 Å². The molecule has 7 rings (SSSR count). The van der Waals surface area contributed by atoms with Gasteiger partial charge in [-0.15, -0.1) is 0 Å². The lowest BCUT2D eigenvalue weighted by atomic mass is 9.88. The van der Waals surface area contributed by atoms with E-state index in [0.29, 0.717) is 27.8 Å². The van der Waals surface area contributed by atoms with E-state index < -0.39 is 36.9 Å². The van der Waals surface area contributed by atoms with E-state index in [0.717, 1.165) is 33.4 Å². The molecule has 1 saturated heterocycles. The van der Waals surface area contributed by atoms with Crippen LogP contribution in [0.15, 0.2) is 158 Å². The molecule has 0 unspecified atom stereocenters. The van der Waals surface area contributed by atoms with Gasteiger partial charge in [-0.2, -0.15) is 0 Å². The zero-order valence-electron chi connectivity index (χ0n) is 30.6. The maximum atomic E-state index is 17.1. The fourth-order valence-electron chi connectivity index (χ4n) is 6.73. The smallest absolute Gasteiger partial charge is 0.304 e. The van der Waals surface area contributed by atoms with Gasteiger partial charge in [-0.05, 0) is 64.1 Å². The van der Waals surface area contributed by atoms with Gasteiger partial charge in [0, 0.05) is 15.6 Å². The summed E-state index contributed by atoms with van der Waals surface area (Å²) in [5, 5.41) is 1.07. The maximum Gasteiger partial charge on any atom is 0.304 e. The number of benzene rings is 6. The van der Waals surface area contributed by atoms with Gasteiger partial charge in [0.25, 0.3) is 0 Å². The van der Waals surface area contributed by atoms with E-state index in [4.69, 9.17) is 46.9 Å². The van der Waals surface area contributed by atoms with Crippen LogP contribution in [0.2, 0.25) is 10.0 Å². The lowest BCUT2D eigenvalue weighted by molar-refractivity contribution is -0.320. The van der Waals surface area contributed by atoms with Gasteiger partial charge in [0.1, 0.15) is 30.7 Å². The summed E-state index contributed by atoms with van der Waals surface area (Å²) in [6.07, 6.45) is -5.38. The highest BCUT2D eigenvalue weighted by Crippen LogP contribution is 2.47. The van der Waals surface area contributed by atoms with E-state index in [2.05, 4.69) is 0 Å². The summed E-state index contributed by atoms with van der Waals surface area (Å²) in [6.45, 7) is -0.108. The molecule has 6 aromatic carbocycles. The predicted octanol–water partition coefficient (Wildman–Crippen LogP) is 11.6. The van der Waals surface area contributed by atoms with Crippen LogP contribution in [0.25, 0.3) is 0 Å². The van der Waals surface area contributed by atoms with Gasteiger partial charge < -0.3 is 23.7 Å². The first kappa shape index (κ1) is 39.6. The molecule has 0 bridgehead atoms. The molecule has 0 N–H and O–H groups in total. The Balaban J connectivity index is 1.30. The molecule has 5 nitrogen and oxygen atoms in total. The molecule has 4 atom stereocenters. The molecule has 0 spiro atoms. The topological polar surface area (TPSA) is 46.2 Å². The molecule has 6 aromatic rings.